The molecule has 4 unspecified atom stereocenters. The average Bonchev–Trinajstić information content (AvgIpc) is 3.70. The second kappa shape index (κ2) is 8.91. The van der Waals surface area contributed by atoms with Crippen LogP contribution >= 0.6 is 0 Å². The number of ketones is 2. The number of carbonyl (C=O) groups excluding carboxylic acids is 3. The molecule has 0 radical (unpaired) electrons. The van der Waals surface area contributed by atoms with Crippen LogP contribution in [0.15, 0.2) is 97.1 Å². The lowest BCUT2D eigenvalue weighted by atomic mass is 9.64. The van der Waals surface area contributed by atoms with E-state index in [0.29, 0.717) is 33.9 Å². The fourth-order valence-electron chi connectivity index (χ4n) is 7.30. The quantitative estimate of drug-likeness (QED) is 0.332. The molecule has 1 fully saturated rings. The molecule has 0 saturated carbocycles. The van der Waals surface area contributed by atoms with Crippen molar-refractivity contribution in [3.63, 3.8) is 0 Å². The van der Waals surface area contributed by atoms with Gasteiger partial charge in [-0.2, -0.15) is 0 Å². The molecule has 42 heavy (non-hydrogen) atoms. The van der Waals surface area contributed by atoms with E-state index < -0.39 is 23.4 Å². The van der Waals surface area contributed by atoms with E-state index in [9.17, 15) is 14.4 Å². The second-order valence-corrected chi connectivity index (χ2v) is 11.2. The van der Waals surface area contributed by atoms with Crippen LogP contribution in [0.2, 0.25) is 0 Å². The van der Waals surface area contributed by atoms with Gasteiger partial charge in [0.2, 0.25) is 12.7 Å². The SMILES string of the molecule is Cc1ccc2c(c1)C=CC1N2C(C(=O)c2ccccc2)C(C(=O)c2ccc3c(c2)OCO3)C12C(=O)Nc1ccccc12. The van der Waals surface area contributed by atoms with Crippen LogP contribution in [0, 0.1) is 12.8 Å². The molecule has 1 N–H and O–H groups in total. The Morgan fingerprint density at radius 1 is 0.857 bits per heavy atom. The molecule has 4 atom stereocenters. The Morgan fingerprint density at radius 2 is 1.64 bits per heavy atom. The molecule has 1 saturated heterocycles. The molecule has 1 amide bonds. The summed E-state index contributed by atoms with van der Waals surface area (Å²) in [6.45, 7) is 2.09. The molecule has 0 aliphatic carbocycles. The third kappa shape index (κ3) is 3.25. The zero-order valence-corrected chi connectivity index (χ0v) is 22.7. The topological polar surface area (TPSA) is 84.9 Å². The maximum atomic E-state index is 14.9. The molecule has 0 aromatic heterocycles. The molecule has 1 spiro atoms. The van der Waals surface area contributed by atoms with Gasteiger partial charge in [-0.25, -0.2) is 0 Å². The van der Waals surface area contributed by atoms with Crippen LogP contribution in [-0.4, -0.2) is 36.4 Å². The van der Waals surface area contributed by atoms with Crippen LogP contribution in [-0.2, 0) is 10.2 Å². The zero-order valence-electron chi connectivity index (χ0n) is 22.7. The first-order valence-corrected chi connectivity index (χ1v) is 14.0. The highest BCUT2D eigenvalue weighted by molar-refractivity contribution is 6.18. The number of nitrogens with one attached hydrogen (secondary N) is 1. The van der Waals surface area contributed by atoms with Crippen molar-refractivity contribution in [1.82, 2.24) is 0 Å². The summed E-state index contributed by atoms with van der Waals surface area (Å²) in [7, 11) is 0. The largest absolute Gasteiger partial charge is 0.454 e. The summed E-state index contributed by atoms with van der Waals surface area (Å²) >= 11 is 0. The molecule has 7 heteroatoms. The van der Waals surface area contributed by atoms with Gasteiger partial charge in [0.1, 0.15) is 11.5 Å². The Kier molecular flexibility index (Phi) is 5.22. The second-order valence-electron chi connectivity index (χ2n) is 11.2. The first-order valence-electron chi connectivity index (χ1n) is 14.0. The van der Waals surface area contributed by atoms with Crippen molar-refractivity contribution >= 4 is 34.9 Å². The number of Topliss-reactive ketones (excluding diaryl/α,β-unsaturated/α-hetero) is 2. The third-order valence-electron chi connectivity index (χ3n) is 9.05. The molecule has 4 heterocycles. The molecule has 206 valence electrons. The third-order valence-corrected chi connectivity index (χ3v) is 9.05. The number of amides is 1. The van der Waals surface area contributed by atoms with Gasteiger partial charge in [0.25, 0.3) is 0 Å². The van der Waals surface area contributed by atoms with Crippen molar-refractivity contribution < 1.29 is 23.9 Å². The van der Waals surface area contributed by atoms with E-state index >= 15 is 0 Å². The van der Waals surface area contributed by atoms with Gasteiger partial charge in [-0.3, -0.25) is 14.4 Å². The Labute approximate surface area is 242 Å². The van der Waals surface area contributed by atoms with Crippen molar-refractivity contribution in [1.29, 1.82) is 0 Å². The summed E-state index contributed by atoms with van der Waals surface area (Å²) < 4.78 is 11.1. The molecule has 0 bridgehead atoms. The molecule has 4 aromatic rings. The van der Waals surface area contributed by atoms with Gasteiger partial charge in [0.15, 0.2) is 23.1 Å². The van der Waals surface area contributed by atoms with E-state index in [1.165, 1.54) is 0 Å². The number of nitrogens with zero attached hydrogens (tertiary/aromatic N) is 1. The van der Waals surface area contributed by atoms with Crippen molar-refractivity contribution in [3.8, 4) is 11.5 Å². The molecule has 4 aliphatic heterocycles. The number of aryl methyl sites for hydroxylation is 1. The molecule has 7 nitrogen and oxygen atoms in total. The number of fused-ring (bicyclic) bond motifs is 7. The fourth-order valence-corrected chi connectivity index (χ4v) is 7.30. The van der Waals surface area contributed by atoms with Crippen molar-refractivity contribution in [2.24, 2.45) is 5.92 Å². The van der Waals surface area contributed by atoms with Crippen LogP contribution in [0.4, 0.5) is 11.4 Å². The van der Waals surface area contributed by atoms with E-state index in [-0.39, 0.29) is 24.3 Å². The average molecular weight is 555 g/mol. The summed E-state index contributed by atoms with van der Waals surface area (Å²) in [5.74, 6) is -0.828. The Morgan fingerprint density at radius 3 is 2.50 bits per heavy atom. The summed E-state index contributed by atoms with van der Waals surface area (Å²) in [5, 5.41) is 3.07. The summed E-state index contributed by atoms with van der Waals surface area (Å²) in [5.41, 5.74) is 3.69. The monoisotopic (exact) mass is 554 g/mol. The molecular weight excluding hydrogens is 528 g/mol. The Hall–Kier alpha value is -5.17. The molecule has 8 rings (SSSR count). The van der Waals surface area contributed by atoms with Gasteiger partial charge < -0.3 is 19.7 Å². The number of para-hydroxylation sites is 1. The number of hydrogen-bond donors (Lipinski definition) is 1. The predicted octanol–water partition coefficient (Wildman–Crippen LogP) is 5.58. The summed E-state index contributed by atoms with van der Waals surface area (Å²) in [6.07, 6.45) is 4.00. The minimum Gasteiger partial charge on any atom is -0.454 e. The lowest BCUT2D eigenvalue weighted by molar-refractivity contribution is -0.121. The molecular formula is C35H26N2O5. The van der Waals surface area contributed by atoms with Gasteiger partial charge in [-0.05, 0) is 54.4 Å². The van der Waals surface area contributed by atoms with E-state index in [4.69, 9.17) is 9.47 Å². The van der Waals surface area contributed by atoms with Crippen molar-refractivity contribution in [2.45, 2.75) is 24.4 Å². The molecule has 4 aliphatic rings. The number of anilines is 2. The van der Waals surface area contributed by atoms with Gasteiger partial charge in [-0.1, -0.05) is 72.3 Å². The lowest BCUT2D eigenvalue weighted by Gasteiger charge is -2.37. The fraction of sp³-hybridized carbons (Fsp3) is 0.171. The first kappa shape index (κ1) is 24.6. The van der Waals surface area contributed by atoms with Gasteiger partial charge in [0, 0.05) is 22.5 Å². The van der Waals surface area contributed by atoms with E-state index in [1.54, 1.807) is 30.3 Å². The van der Waals surface area contributed by atoms with Gasteiger partial charge >= 0.3 is 0 Å². The first-order chi connectivity index (χ1) is 20.5. The minimum absolute atomic E-state index is 0.0715. The van der Waals surface area contributed by atoms with E-state index in [0.717, 1.165) is 16.8 Å². The van der Waals surface area contributed by atoms with Crippen LogP contribution in [0.25, 0.3) is 6.08 Å². The number of ether oxygens (including phenoxy) is 2. The van der Waals surface area contributed by atoms with Crippen molar-refractivity contribution in [3.05, 3.63) is 125 Å². The van der Waals surface area contributed by atoms with Crippen LogP contribution in [0.5, 0.6) is 11.5 Å². The number of rotatable bonds is 4. The Bertz CT molecular complexity index is 1850. The standard InChI is InChI=1S/C35H26N2O5/c1-20-11-14-26-22(17-20)13-16-29-35(24-9-5-6-10-25(24)36-34(35)40)30(31(37(26)29)33(39)21-7-3-2-4-8-21)32(38)23-12-15-27-28(18-23)42-19-41-27/h2-18,29-31H,19H2,1H3,(H,36,40). The minimum atomic E-state index is -1.36. The zero-order chi connectivity index (χ0) is 28.6. The van der Waals surface area contributed by atoms with Gasteiger partial charge in [-0.15, -0.1) is 0 Å². The smallest absolute Gasteiger partial charge is 0.238 e. The predicted molar refractivity (Wildman–Crippen MR) is 158 cm³/mol. The van der Waals surface area contributed by atoms with Crippen LogP contribution in [0.1, 0.15) is 37.4 Å². The number of hydrogen-bond acceptors (Lipinski definition) is 6. The lowest BCUT2D eigenvalue weighted by Crippen LogP contribution is -2.51. The van der Waals surface area contributed by atoms with E-state index in [1.807, 2.05) is 78.6 Å². The maximum Gasteiger partial charge on any atom is 0.238 e. The number of carbonyl (C=O) groups is 3. The molecule has 4 aromatic carbocycles. The summed E-state index contributed by atoms with van der Waals surface area (Å²) in [4.78, 5) is 46.1. The maximum absolute atomic E-state index is 14.9. The van der Waals surface area contributed by atoms with E-state index in [2.05, 4.69) is 11.4 Å². The normalized spacial score (nSPS) is 24.3. The van der Waals surface area contributed by atoms with Crippen molar-refractivity contribution in [2.75, 3.05) is 17.0 Å². The highest BCUT2D eigenvalue weighted by Crippen LogP contribution is 2.58. The highest BCUT2D eigenvalue weighted by atomic mass is 16.7. The van der Waals surface area contributed by atoms with Gasteiger partial charge in [0.05, 0.1) is 12.0 Å². The van der Waals surface area contributed by atoms with Crippen LogP contribution < -0.4 is 19.7 Å². The number of benzene rings is 4. The highest BCUT2D eigenvalue weighted by Gasteiger charge is 2.70. The Balaban J connectivity index is 1.42. The summed E-state index contributed by atoms with van der Waals surface area (Å²) in [6, 6.07) is 26.1. The van der Waals surface area contributed by atoms with Crippen LogP contribution in [0.3, 0.4) is 0 Å².